The number of hydrogen-bond acceptors (Lipinski definition) is 3. The van der Waals surface area contributed by atoms with Gasteiger partial charge in [0.25, 0.3) is 0 Å². The average molecular weight is 275 g/mol. The third-order valence-corrected chi connectivity index (χ3v) is 3.33. The minimum atomic E-state index is 0.105. The minimum Gasteiger partial charge on any atom is -0.312 e. The van der Waals surface area contributed by atoms with Gasteiger partial charge in [-0.05, 0) is 18.5 Å². The summed E-state index contributed by atoms with van der Waals surface area (Å²) < 4.78 is 1.98. The van der Waals surface area contributed by atoms with Crippen LogP contribution in [0.15, 0.2) is 24.7 Å². The zero-order chi connectivity index (χ0) is 14.6. The first kappa shape index (κ1) is 14.8. The van der Waals surface area contributed by atoms with Gasteiger partial charge >= 0.3 is 0 Å². The maximum Gasteiger partial charge on any atom is 0.0535 e. The van der Waals surface area contributed by atoms with Crippen LogP contribution in [0.3, 0.4) is 0 Å². The van der Waals surface area contributed by atoms with Gasteiger partial charge in [-0.3, -0.25) is 9.78 Å². The van der Waals surface area contributed by atoms with Crippen LogP contribution in [-0.2, 0) is 18.5 Å². The van der Waals surface area contributed by atoms with Crippen molar-refractivity contribution in [2.45, 2.75) is 46.2 Å². The predicted octanol–water partition coefficient (Wildman–Crippen LogP) is 2.33. The molecule has 0 radical (unpaired) electrons. The van der Waals surface area contributed by atoms with Crippen LogP contribution >= 0.6 is 0 Å². The van der Waals surface area contributed by atoms with E-state index in [1.807, 2.05) is 29.3 Å². The number of H-pyrrole nitrogens is 1. The lowest BCUT2D eigenvalue weighted by atomic mass is 9.89. The number of aromatic nitrogens is 4. The van der Waals surface area contributed by atoms with Crippen molar-refractivity contribution in [2.24, 2.45) is 5.92 Å². The lowest BCUT2D eigenvalue weighted by molar-refractivity contribution is 0.420. The fraction of sp³-hybridized carbons (Fsp3) is 0.600. The quantitative estimate of drug-likeness (QED) is 0.850. The van der Waals surface area contributed by atoms with Gasteiger partial charge in [-0.2, -0.15) is 10.2 Å². The molecular formula is C15H25N5. The third kappa shape index (κ3) is 3.93. The Morgan fingerprint density at radius 3 is 2.85 bits per heavy atom. The molecule has 5 nitrogen and oxygen atoms in total. The highest BCUT2D eigenvalue weighted by Crippen LogP contribution is 2.23. The van der Waals surface area contributed by atoms with Crippen LogP contribution < -0.4 is 5.32 Å². The van der Waals surface area contributed by atoms with Crippen LogP contribution in [0.2, 0.25) is 0 Å². The average Bonchev–Trinajstić information content (AvgIpc) is 2.98. The van der Waals surface area contributed by atoms with E-state index in [-0.39, 0.29) is 5.41 Å². The minimum absolute atomic E-state index is 0.105. The molecule has 1 atom stereocenters. The first-order chi connectivity index (χ1) is 9.47. The van der Waals surface area contributed by atoms with Gasteiger partial charge in [0.15, 0.2) is 0 Å². The molecule has 0 bridgehead atoms. The van der Waals surface area contributed by atoms with E-state index in [1.165, 1.54) is 11.3 Å². The SMILES string of the molecule is C[C@@H](CNCc1cn[nH]c1C(C)(C)C)Cn1cccn1. The van der Waals surface area contributed by atoms with Crippen molar-refractivity contribution < 1.29 is 0 Å². The molecule has 0 aliphatic heterocycles. The standard InChI is InChI=1S/C15H25N5/c1-12(11-20-7-5-6-18-20)8-16-9-13-10-17-19-14(13)15(2,3)4/h5-7,10,12,16H,8-9,11H2,1-4H3,(H,17,19)/t12-/m0/s1. The molecule has 2 N–H and O–H groups in total. The lowest BCUT2D eigenvalue weighted by Gasteiger charge is -2.19. The van der Waals surface area contributed by atoms with Gasteiger partial charge in [0.2, 0.25) is 0 Å². The Morgan fingerprint density at radius 2 is 2.20 bits per heavy atom. The highest BCUT2D eigenvalue weighted by atomic mass is 15.3. The van der Waals surface area contributed by atoms with Crippen LogP contribution in [-0.4, -0.2) is 26.5 Å². The van der Waals surface area contributed by atoms with Gasteiger partial charge in [0.1, 0.15) is 0 Å². The summed E-state index contributed by atoms with van der Waals surface area (Å²) in [5.41, 5.74) is 2.57. The molecule has 0 spiro atoms. The van der Waals surface area contributed by atoms with E-state index < -0.39 is 0 Å². The second kappa shape index (κ2) is 6.22. The zero-order valence-electron chi connectivity index (χ0n) is 12.8. The van der Waals surface area contributed by atoms with Crippen molar-refractivity contribution in [3.05, 3.63) is 35.9 Å². The first-order valence-corrected chi connectivity index (χ1v) is 7.17. The summed E-state index contributed by atoms with van der Waals surface area (Å²) in [4.78, 5) is 0. The maximum atomic E-state index is 4.23. The predicted molar refractivity (Wildman–Crippen MR) is 80.4 cm³/mol. The summed E-state index contributed by atoms with van der Waals surface area (Å²) in [5, 5.41) is 15.0. The van der Waals surface area contributed by atoms with E-state index in [9.17, 15) is 0 Å². The van der Waals surface area contributed by atoms with Crippen molar-refractivity contribution >= 4 is 0 Å². The van der Waals surface area contributed by atoms with Gasteiger partial charge < -0.3 is 5.32 Å². The fourth-order valence-electron chi connectivity index (χ4n) is 2.34. The molecule has 5 heteroatoms. The van der Waals surface area contributed by atoms with E-state index in [4.69, 9.17) is 0 Å². The number of nitrogens with one attached hydrogen (secondary N) is 2. The van der Waals surface area contributed by atoms with Crippen molar-refractivity contribution in [3.8, 4) is 0 Å². The molecule has 2 aromatic rings. The van der Waals surface area contributed by atoms with Crippen LogP contribution in [0.1, 0.15) is 39.0 Å². The van der Waals surface area contributed by atoms with E-state index in [1.54, 1.807) is 0 Å². The van der Waals surface area contributed by atoms with Gasteiger partial charge in [-0.25, -0.2) is 0 Å². The second-order valence-electron chi connectivity index (χ2n) is 6.48. The smallest absolute Gasteiger partial charge is 0.0535 e. The summed E-state index contributed by atoms with van der Waals surface area (Å²) in [6, 6.07) is 1.96. The number of nitrogens with zero attached hydrogens (tertiary/aromatic N) is 3. The molecule has 20 heavy (non-hydrogen) atoms. The summed E-state index contributed by atoms with van der Waals surface area (Å²) in [5.74, 6) is 0.542. The normalized spacial score (nSPS) is 13.6. The van der Waals surface area contributed by atoms with Crippen LogP contribution in [0.4, 0.5) is 0 Å². The highest BCUT2D eigenvalue weighted by Gasteiger charge is 2.19. The van der Waals surface area contributed by atoms with Crippen molar-refractivity contribution in [1.29, 1.82) is 0 Å². The van der Waals surface area contributed by atoms with Gasteiger partial charge in [0.05, 0.1) is 6.20 Å². The number of hydrogen-bond donors (Lipinski definition) is 2. The van der Waals surface area contributed by atoms with E-state index >= 15 is 0 Å². The molecule has 0 unspecified atom stereocenters. The Labute approximate surface area is 120 Å². The van der Waals surface area contributed by atoms with Gasteiger partial charge in [0, 0.05) is 42.2 Å². The third-order valence-electron chi connectivity index (χ3n) is 3.33. The van der Waals surface area contributed by atoms with E-state index in [0.29, 0.717) is 5.92 Å². The topological polar surface area (TPSA) is 58.5 Å². The van der Waals surface area contributed by atoms with E-state index in [0.717, 1.165) is 19.6 Å². The lowest BCUT2D eigenvalue weighted by Crippen LogP contribution is -2.25. The van der Waals surface area contributed by atoms with E-state index in [2.05, 4.69) is 48.3 Å². The summed E-state index contributed by atoms with van der Waals surface area (Å²) in [7, 11) is 0. The van der Waals surface area contributed by atoms with Crippen molar-refractivity contribution in [1.82, 2.24) is 25.3 Å². The molecule has 0 aliphatic carbocycles. The number of rotatable bonds is 6. The van der Waals surface area contributed by atoms with Crippen LogP contribution in [0, 0.1) is 5.92 Å². The molecule has 110 valence electrons. The molecule has 0 fully saturated rings. The molecular weight excluding hydrogens is 250 g/mol. The first-order valence-electron chi connectivity index (χ1n) is 7.17. The monoisotopic (exact) mass is 275 g/mol. The molecule has 0 saturated heterocycles. The second-order valence-corrected chi connectivity index (χ2v) is 6.48. The Hall–Kier alpha value is -1.62. The molecule has 0 aliphatic rings. The molecule has 2 aromatic heterocycles. The van der Waals surface area contributed by atoms with Crippen molar-refractivity contribution in [2.75, 3.05) is 6.54 Å². The molecule has 0 saturated carbocycles. The van der Waals surface area contributed by atoms with Gasteiger partial charge in [-0.15, -0.1) is 0 Å². The van der Waals surface area contributed by atoms with Crippen LogP contribution in [0.5, 0.6) is 0 Å². The zero-order valence-corrected chi connectivity index (χ0v) is 12.8. The highest BCUT2D eigenvalue weighted by molar-refractivity contribution is 5.23. The Morgan fingerprint density at radius 1 is 1.40 bits per heavy atom. The summed E-state index contributed by atoms with van der Waals surface area (Å²) >= 11 is 0. The van der Waals surface area contributed by atoms with Crippen molar-refractivity contribution in [3.63, 3.8) is 0 Å². The van der Waals surface area contributed by atoms with Crippen LogP contribution in [0.25, 0.3) is 0 Å². The molecule has 2 heterocycles. The maximum absolute atomic E-state index is 4.23. The molecule has 0 amide bonds. The summed E-state index contributed by atoms with van der Waals surface area (Å²) in [6.45, 7) is 11.6. The molecule has 0 aromatic carbocycles. The fourth-order valence-corrected chi connectivity index (χ4v) is 2.34. The Bertz CT molecular complexity index is 507. The Kier molecular flexibility index (Phi) is 4.60. The number of aromatic amines is 1. The molecule has 2 rings (SSSR count). The summed E-state index contributed by atoms with van der Waals surface area (Å²) in [6.07, 6.45) is 5.75. The Balaban J connectivity index is 1.80. The van der Waals surface area contributed by atoms with Gasteiger partial charge in [-0.1, -0.05) is 27.7 Å². The largest absolute Gasteiger partial charge is 0.312 e.